The Morgan fingerprint density at radius 1 is 1.30 bits per heavy atom. The predicted octanol–water partition coefficient (Wildman–Crippen LogP) is 5.22. The van der Waals surface area contributed by atoms with Crippen molar-refractivity contribution in [1.82, 2.24) is 5.32 Å². The molecule has 0 aliphatic carbocycles. The van der Waals surface area contributed by atoms with Crippen LogP contribution in [0.4, 0.5) is 4.79 Å². The number of amides is 1. The van der Waals surface area contributed by atoms with Crippen molar-refractivity contribution in [3.63, 3.8) is 0 Å². The highest BCUT2D eigenvalue weighted by molar-refractivity contribution is 8.13. The first-order valence-electron chi connectivity index (χ1n) is 7.44. The Morgan fingerprint density at radius 2 is 2.09 bits per heavy atom. The van der Waals surface area contributed by atoms with E-state index in [4.69, 9.17) is 16.3 Å². The molecule has 0 saturated carbocycles. The van der Waals surface area contributed by atoms with Gasteiger partial charge in [0.2, 0.25) is 0 Å². The zero-order chi connectivity index (χ0) is 16.8. The number of ether oxygens (including phenoxy) is 1. The van der Waals surface area contributed by atoms with Gasteiger partial charge in [0.1, 0.15) is 12.4 Å². The van der Waals surface area contributed by atoms with Gasteiger partial charge in [-0.25, -0.2) is 0 Å². The molecule has 2 aromatic rings. The van der Waals surface area contributed by atoms with Crippen molar-refractivity contribution >= 4 is 28.6 Å². The van der Waals surface area contributed by atoms with Crippen molar-refractivity contribution in [2.45, 2.75) is 31.8 Å². The summed E-state index contributed by atoms with van der Waals surface area (Å²) >= 11 is 7.40. The summed E-state index contributed by atoms with van der Waals surface area (Å²) in [5, 5.41) is 3.07. The first kappa shape index (κ1) is 17.7. The third-order valence-corrected chi connectivity index (χ3v) is 4.85. The van der Waals surface area contributed by atoms with Crippen LogP contribution in [-0.4, -0.2) is 12.3 Å². The second-order valence-corrected chi connectivity index (χ2v) is 6.52. The Labute approximate surface area is 146 Å². The molecule has 0 aliphatic heterocycles. The standard InChI is InChI=1S/C18H20ClNO2S/c1-4-13-8-9-16(12(2)10-13)22-11-14-15(19)6-5-7-17(14)23-18(21)20-3/h5-10H,4,11H2,1-3H3,(H,20,21). The summed E-state index contributed by atoms with van der Waals surface area (Å²) in [4.78, 5) is 12.4. The molecule has 1 N–H and O–H groups in total. The third kappa shape index (κ3) is 4.66. The Bertz CT molecular complexity index is 703. The average molecular weight is 350 g/mol. The monoisotopic (exact) mass is 349 g/mol. The summed E-state index contributed by atoms with van der Waals surface area (Å²) in [6, 6.07) is 11.7. The van der Waals surface area contributed by atoms with E-state index in [2.05, 4.69) is 24.4 Å². The van der Waals surface area contributed by atoms with E-state index in [0.717, 1.165) is 40.0 Å². The number of carbonyl (C=O) groups is 1. The highest BCUT2D eigenvalue weighted by Gasteiger charge is 2.12. The maximum absolute atomic E-state index is 11.6. The van der Waals surface area contributed by atoms with Gasteiger partial charge in [-0.1, -0.05) is 36.7 Å². The lowest BCUT2D eigenvalue weighted by Gasteiger charge is -2.14. The molecular weight excluding hydrogens is 330 g/mol. The van der Waals surface area contributed by atoms with E-state index < -0.39 is 0 Å². The van der Waals surface area contributed by atoms with Crippen LogP contribution in [-0.2, 0) is 13.0 Å². The molecule has 0 saturated heterocycles. The molecule has 23 heavy (non-hydrogen) atoms. The molecule has 5 heteroatoms. The molecule has 0 spiro atoms. The molecule has 0 fully saturated rings. The highest BCUT2D eigenvalue weighted by Crippen LogP contribution is 2.30. The highest BCUT2D eigenvalue weighted by atomic mass is 35.5. The van der Waals surface area contributed by atoms with Gasteiger partial charge in [0.25, 0.3) is 5.24 Å². The van der Waals surface area contributed by atoms with E-state index in [9.17, 15) is 4.79 Å². The lowest BCUT2D eigenvalue weighted by atomic mass is 10.1. The molecule has 0 atom stereocenters. The van der Waals surface area contributed by atoms with Crippen LogP contribution in [0.5, 0.6) is 5.75 Å². The maximum Gasteiger partial charge on any atom is 0.283 e. The fourth-order valence-corrected chi connectivity index (χ4v) is 3.19. The Balaban J connectivity index is 2.18. The molecular formula is C18H20ClNO2S. The van der Waals surface area contributed by atoms with E-state index in [1.807, 2.05) is 25.1 Å². The minimum atomic E-state index is -0.128. The lowest BCUT2D eigenvalue weighted by molar-refractivity contribution is 0.262. The Morgan fingerprint density at radius 3 is 2.74 bits per heavy atom. The Hall–Kier alpha value is -1.65. The van der Waals surface area contributed by atoms with Crippen LogP contribution < -0.4 is 10.1 Å². The molecule has 2 rings (SSSR count). The molecule has 0 bridgehead atoms. The second kappa shape index (κ2) is 8.27. The largest absolute Gasteiger partial charge is 0.489 e. The zero-order valence-electron chi connectivity index (χ0n) is 13.5. The fourth-order valence-electron chi connectivity index (χ4n) is 2.17. The molecule has 122 valence electrons. The first-order valence-corrected chi connectivity index (χ1v) is 8.63. The molecule has 0 radical (unpaired) electrons. The number of halogens is 1. The molecule has 0 unspecified atom stereocenters. The quantitative estimate of drug-likeness (QED) is 0.752. The van der Waals surface area contributed by atoms with Crippen LogP contribution in [0.1, 0.15) is 23.6 Å². The molecule has 0 aliphatic rings. The second-order valence-electron chi connectivity index (χ2n) is 5.10. The predicted molar refractivity (Wildman–Crippen MR) is 96.7 cm³/mol. The number of aryl methyl sites for hydroxylation is 2. The smallest absolute Gasteiger partial charge is 0.283 e. The summed E-state index contributed by atoms with van der Waals surface area (Å²) in [5.74, 6) is 0.831. The van der Waals surface area contributed by atoms with Gasteiger partial charge in [-0.15, -0.1) is 0 Å². The van der Waals surface area contributed by atoms with Gasteiger partial charge in [0.05, 0.1) is 0 Å². The van der Waals surface area contributed by atoms with Gasteiger partial charge >= 0.3 is 0 Å². The molecule has 0 heterocycles. The molecule has 3 nitrogen and oxygen atoms in total. The van der Waals surface area contributed by atoms with E-state index >= 15 is 0 Å². The number of thioether (sulfide) groups is 1. The number of benzene rings is 2. The summed E-state index contributed by atoms with van der Waals surface area (Å²) in [6.45, 7) is 4.48. The van der Waals surface area contributed by atoms with Gasteiger partial charge in [0.15, 0.2) is 0 Å². The minimum absolute atomic E-state index is 0.128. The van der Waals surface area contributed by atoms with Crippen molar-refractivity contribution in [2.75, 3.05) is 7.05 Å². The van der Waals surface area contributed by atoms with Crippen molar-refractivity contribution in [1.29, 1.82) is 0 Å². The van der Waals surface area contributed by atoms with Crippen LogP contribution in [0.25, 0.3) is 0 Å². The van der Waals surface area contributed by atoms with Crippen LogP contribution in [0.2, 0.25) is 5.02 Å². The minimum Gasteiger partial charge on any atom is -0.489 e. The molecule has 2 aromatic carbocycles. The summed E-state index contributed by atoms with van der Waals surface area (Å²) in [7, 11) is 1.61. The van der Waals surface area contributed by atoms with Crippen molar-refractivity contribution < 1.29 is 9.53 Å². The number of rotatable bonds is 5. The van der Waals surface area contributed by atoms with E-state index in [0.29, 0.717) is 11.6 Å². The van der Waals surface area contributed by atoms with Gasteiger partial charge < -0.3 is 10.1 Å². The summed E-state index contributed by atoms with van der Waals surface area (Å²) < 4.78 is 5.93. The van der Waals surface area contributed by atoms with Gasteiger partial charge in [-0.2, -0.15) is 0 Å². The van der Waals surface area contributed by atoms with E-state index in [-0.39, 0.29) is 5.24 Å². The summed E-state index contributed by atoms with van der Waals surface area (Å²) in [5.41, 5.74) is 3.20. The van der Waals surface area contributed by atoms with Gasteiger partial charge in [-0.05, 0) is 54.4 Å². The number of carbonyl (C=O) groups excluding carboxylic acids is 1. The van der Waals surface area contributed by atoms with Crippen molar-refractivity contribution in [3.05, 3.63) is 58.1 Å². The van der Waals surface area contributed by atoms with Crippen molar-refractivity contribution in [2.24, 2.45) is 0 Å². The Kier molecular flexibility index (Phi) is 6.37. The third-order valence-electron chi connectivity index (χ3n) is 3.50. The van der Waals surface area contributed by atoms with Crippen molar-refractivity contribution in [3.8, 4) is 5.75 Å². The topological polar surface area (TPSA) is 38.3 Å². The number of nitrogens with one attached hydrogen (secondary N) is 1. The number of hydrogen-bond donors (Lipinski definition) is 1. The SMILES string of the molecule is CCc1ccc(OCc2c(Cl)cccc2SC(=O)NC)c(C)c1. The van der Waals surface area contributed by atoms with E-state index in [1.165, 1.54) is 5.56 Å². The molecule has 0 aromatic heterocycles. The van der Waals surface area contributed by atoms with Crippen LogP contribution in [0, 0.1) is 6.92 Å². The van der Waals surface area contributed by atoms with Gasteiger partial charge in [0, 0.05) is 22.5 Å². The van der Waals surface area contributed by atoms with Crippen LogP contribution in [0.15, 0.2) is 41.3 Å². The van der Waals surface area contributed by atoms with E-state index in [1.54, 1.807) is 13.1 Å². The maximum atomic E-state index is 11.6. The van der Waals surface area contributed by atoms with Gasteiger partial charge in [-0.3, -0.25) is 4.79 Å². The van der Waals surface area contributed by atoms with Crippen LogP contribution >= 0.6 is 23.4 Å². The zero-order valence-corrected chi connectivity index (χ0v) is 15.1. The number of hydrogen-bond acceptors (Lipinski definition) is 3. The summed E-state index contributed by atoms with van der Waals surface area (Å²) in [6.07, 6.45) is 0.999. The van der Waals surface area contributed by atoms with Crippen LogP contribution in [0.3, 0.4) is 0 Å². The average Bonchev–Trinajstić information content (AvgIpc) is 2.55. The molecule has 1 amide bonds. The lowest BCUT2D eigenvalue weighted by Crippen LogP contribution is -2.11. The fraction of sp³-hybridized carbons (Fsp3) is 0.278. The first-order chi connectivity index (χ1) is 11.0. The normalized spacial score (nSPS) is 10.4.